The van der Waals surface area contributed by atoms with Gasteiger partial charge in [-0.2, -0.15) is 0 Å². The Kier molecular flexibility index (Phi) is 4.15. The number of carboxylic acid groups (broad SMARTS) is 1. The van der Waals surface area contributed by atoms with Crippen molar-refractivity contribution in [3.63, 3.8) is 0 Å². The zero-order valence-electron chi connectivity index (χ0n) is 9.29. The summed E-state index contributed by atoms with van der Waals surface area (Å²) in [7, 11) is -7.65. The lowest BCUT2D eigenvalue weighted by molar-refractivity contribution is -0.141. The van der Waals surface area contributed by atoms with Crippen LogP contribution in [0, 0.1) is 5.92 Å². The summed E-state index contributed by atoms with van der Waals surface area (Å²) < 4.78 is 46.9. The van der Waals surface area contributed by atoms with Gasteiger partial charge in [0.15, 0.2) is 14.9 Å². The van der Waals surface area contributed by atoms with Crippen LogP contribution in [0.25, 0.3) is 0 Å². The van der Waals surface area contributed by atoms with E-state index in [2.05, 4.69) is 4.72 Å². The molecule has 2 N–H and O–H groups in total. The lowest BCUT2D eigenvalue weighted by Crippen LogP contribution is -2.42. The number of aliphatic carboxylic acids is 1. The van der Waals surface area contributed by atoms with E-state index < -0.39 is 42.9 Å². The third-order valence-corrected chi connectivity index (χ3v) is 6.15. The zero-order chi connectivity index (χ0) is 13.3. The Labute approximate surface area is 100 Å². The molecule has 1 rings (SSSR count). The third kappa shape index (κ3) is 4.60. The quantitative estimate of drug-likeness (QED) is 0.680. The van der Waals surface area contributed by atoms with Crippen LogP contribution in [-0.4, -0.2) is 45.3 Å². The van der Waals surface area contributed by atoms with Crippen LogP contribution in [0.5, 0.6) is 0 Å². The molecule has 0 bridgehead atoms. The fraction of sp³-hybridized carbons (Fsp3) is 0.875. The molecule has 0 heterocycles. The lowest BCUT2D eigenvalue weighted by Gasteiger charge is -2.17. The lowest BCUT2D eigenvalue weighted by atomic mass is 10.1. The Hall–Kier alpha value is -0.670. The van der Waals surface area contributed by atoms with Crippen LogP contribution in [0.2, 0.25) is 0 Å². The van der Waals surface area contributed by atoms with Gasteiger partial charge in [-0.3, -0.25) is 4.79 Å². The monoisotopic (exact) mass is 285 g/mol. The number of sulfone groups is 1. The fourth-order valence-corrected chi connectivity index (χ4v) is 5.21. The van der Waals surface area contributed by atoms with Crippen molar-refractivity contribution < 1.29 is 26.7 Å². The number of nitrogens with one attached hydrogen (secondary N) is 1. The first-order chi connectivity index (χ1) is 7.61. The molecule has 0 aliphatic heterocycles. The van der Waals surface area contributed by atoms with Gasteiger partial charge < -0.3 is 5.11 Å². The van der Waals surface area contributed by atoms with Crippen molar-refractivity contribution in [3.05, 3.63) is 0 Å². The Balaban J connectivity index is 2.74. The summed E-state index contributed by atoms with van der Waals surface area (Å²) in [6, 6.07) is -0.709. The van der Waals surface area contributed by atoms with Crippen LogP contribution in [0.4, 0.5) is 0 Å². The predicted molar refractivity (Wildman–Crippen MR) is 60.5 cm³/mol. The summed E-state index contributed by atoms with van der Waals surface area (Å²) in [6.45, 7) is 0. The van der Waals surface area contributed by atoms with Gasteiger partial charge in [0.05, 0.1) is 5.92 Å². The molecule has 1 saturated carbocycles. The normalized spacial score (nSPS) is 25.9. The van der Waals surface area contributed by atoms with Crippen molar-refractivity contribution in [2.45, 2.75) is 25.3 Å². The molecule has 0 saturated heterocycles. The van der Waals surface area contributed by atoms with E-state index in [1.54, 1.807) is 0 Å². The maximum absolute atomic E-state index is 11.5. The average molecular weight is 285 g/mol. The fourth-order valence-electron chi connectivity index (χ4n) is 1.94. The first-order valence-corrected chi connectivity index (χ1v) is 8.72. The van der Waals surface area contributed by atoms with Gasteiger partial charge in [-0.1, -0.05) is 6.42 Å². The molecule has 0 aromatic rings. The Morgan fingerprint density at radius 2 is 1.88 bits per heavy atom. The molecular formula is C8H15NO6S2. The first kappa shape index (κ1) is 14.4. The number of hydrogen-bond acceptors (Lipinski definition) is 5. The first-order valence-electron chi connectivity index (χ1n) is 5.01. The smallest absolute Gasteiger partial charge is 0.308 e. The predicted octanol–water partition coefficient (Wildman–Crippen LogP) is -0.839. The molecule has 2 atom stereocenters. The molecule has 100 valence electrons. The van der Waals surface area contributed by atoms with Crippen molar-refractivity contribution in [2.24, 2.45) is 5.92 Å². The second-order valence-electron chi connectivity index (χ2n) is 4.26. The highest BCUT2D eigenvalue weighted by Crippen LogP contribution is 2.26. The van der Waals surface area contributed by atoms with Gasteiger partial charge in [-0.15, -0.1) is 0 Å². The standard InChI is InChI=1S/C8H15NO6S2/c1-16(12,13)5-17(14,15)9-7-4-2-3-6(7)8(10)11/h6-7,9H,2-5H2,1H3,(H,10,11). The minimum atomic E-state index is -3.99. The molecule has 0 aromatic carbocycles. The molecular weight excluding hydrogens is 270 g/mol. The molecule has 1 aliphatic rings. The van der Waals surface area contributed by atoms with Crippen LogP contribution < -0.4 is 4.72 Å². The topological polar surface area (TPSA) is 118 Å². The van der Waals surface area contributed by atoms with Crippen LogP contribution in [0.1, 0.15) is 19.3 Å². The number of hydrogen-bond donors (Lipinski definition) is 2. The summed E-state index contributed by atoms with van der Waals surface area (Å²) in [5, 5.41) is 7.85. The van der Waals surface area contributed by atoms with Gasteiger partial charge in [-0.25, -0.2) is 21.6 Å². The van der Waals surface area contributed by atoms with E-state index in [0.29, 0.717) is 19.3 Å². The molecule has 0 radical (unpaired) electrons. The van der Waals surface area contributed by atoms with Crippen molar-refractivity contribution >= 4 is 25.8 Å². The van der Waals surface area contributed by atoms with Crippen molar-refractivity contribution in [1.29, 1.82) is 0 Å². The molecule has 9 heteroatoms. The molecule has 0 amide bonds. The second kappa shape index (κ2) is 4.91. The van der Waals surface area contributed by atoms with E-state index >= 15 is 0 Å². The van der Waals surface area contributed by atoms with Crippen molar-refractivity contribution in [2.75, 3.05) is 11.3 Å². The zero-order valence-corrected chi connectivity index (χ0v) is 10.9. The maximum atomic E-state index is 11.5. The molecule has 1 fully saturated rings. The summed E-state index contributed by atoms with van der Waals surface area (Å²) in [4.78, 5) is 10.8. The number of sulfonamides is 1. The molecule has 7 nitrogen and oxygen atoms in total. The van der Waals surface area contributed by atoms with Crippen molar-refractivity contribution in [3.8, 4) is 0 Å². The van der Waals surface area contributed by atoms with Gasteiger partial charge >= 0.3 is 5.97 Å². The Morgan fingerprint density at radius 3 is 2.35 bits per heavy atom. The van der Waals surface area contributed by atoms with E-state index in [0.717, 1.165) is 6.26 Å². The highest BCUT2D eigenvalue weighted by Gasteiger charge is 2.36. The number of rotatable bonds is 5. The Morgan fingerprint density at radius 1 is 1.29 bits per heavy atom. The maximum Gasteiger partial charge on any atom is 0.308 e. The Bertz CT molecular complexity index is 494. The van der Waals surface area contributed by atoms with Gasteiger partial charge in [0.25, 0.3) is 0 Å². The molecule has 1 aliphatic carbocycles. The van der Waals surface area contributed by atoms with E-state index in [1.165, 1.54) is 0 Å². The van der Waals surface area contributed by atoms with Gasteiger partial charge in [0.1, 0.15) is 0 Å². The van der Waals surface area contributed by atoms with Crippen molar-refractivity contribution in [1.82, 2.24) is 4.72 Å². The summed E-state index contributed by atoms with van der Waals surface area (Å²) in [6.07, 6.45) is 2.25. The molecule has 0 spiro atoms. The summed E-state index contributed by atoms with van der Waals surface area (Å²) in [5.41, 5.74) is 0. The molecule has 2 unspecified atom stereocenters. The number of carboxylic acids is 1. The van der Waals surface area contributed by atoms with E-state index in [4.69, 9.17) is 5.11 Å². The highest BCUT2D eigenvalue weighted by atomic mass is 32.3. The van der Waals surface area contributed by atoms with E-state index in [-0.39, 0.29) is 0 Å². The van der Waals surface area contributed by atoms with Crippen LogP contribution in [0.15, 0.2) is 0 Å². The minimum absolute atomic E-state index is 0.404. The largest absolute Gasteiger partial charge is 0.481 e. The third-order valence-electron chi connectivity index (χ3n) is 2.53. The summed E-state index contributed by atoms with van der Waals surface area (Å²) in [5.74, 6) is -1.83. The van der Waals surface area contributed by atoms with Gasteiger partial charge in [0.2, 0.25) is 10.0 Å². The number of carbonyl (C=O) groups is 1. The van der Waals surface area contributed by atoms with Crippen LogP contribution in [0.3, 0.4) is 0 Å². The van der Waals surface area contributed by atoms with Gasteiger partial charge in [0, 0.05) is 12.3 Å². The van der Waals surface area contributed by atoms with Crippen LogP contribution in [-0.2, 0) is 24.7 Å². The second-order valence-corrected chi connectivity index (χ2v) is 8.52. The average Bonchev–Trinajstić information content (AvgIpc) is 2.45. The van der Waals surface area contributed by atoms with Gasteiger partial charge in [-0.05, 0) is 12.8 Å². The SMILES string of the molecule is CS(=O)(=O)CS(=O)(=O)NC1CCCC1C(=O)O. The minimum Gasteiger partial charge on any atom is -0.481 e. The van der Waals surface area contributed by atoms with Crippen LogP contribution >= 0.6 is 0 Å². The molecule has 0 aromatic heterocycles. The molecule has 17 heavy (non-hydrogen) atoms. The summed E-state index contributed by atoms with van der Waals surface area (Å²) >= 11 is 0. The van der Waals surface area contributed by atoms with E-state index in [9.17, 15) is 21.6 Å². The van der Waals surface area contributed by atoms with E-state index in [1.807, 2.05) is 0 Å². The highest BCUT2D eigenvalue weighted by molar-refractivity contribution is 8.06.